The molecule has 98 valence electrons. The Hall–Kier alpha value is -1.21. The van der Waals surface area contributed by atoms with Crippen molar-refractivity contribution in [2.75, 3.05) is 5.75 Å². The van der Waals surface area contributed by atoms with Gasteiger partial charge in [-0.25, -0.2) is 17.6 Å². The molecule has 1 N–H and O–H groups in total. The third-order valence-electron chi connectivity index (χ3n) is 2.16. The fourth-order valence-corrected chi connectivity index (χ4v) is 3.29. The average molecular weight is 337 g/mol. The Kier molecular flexibility index (Phi) is 4.64. The predicted octanol–water partition coefficient (Wildman–Crippen LogP) is 2.64. The van der Waals surface area contributed by atoms with Gasteiger partial charge < -0.3 is 5.11 Å². The van der Waals surface area contributed by atoms with Gasteiger partial charge in [0.05, 0.1) is 11.3 Å². The van der Waals surface area contributed by atoms with E-state index in [9.17, 15) is 17.6 Å². The van der Waals surface area contributed by atoms with Crippen molar-refractivity contribution in [2.45, 2.75) is 11.3 Å². The molecule has 7 heteroatoms. The van der Waals surface area contributed by atoms with Crippen molar-refractivity contribution in [3.05, 3.63) is 40.6 Å². The van der Waals surface area contributed by atoms with Gasteiger partial charge in [-0.1, -0.05) is 22.0 Å². The van der Waals surface area contributed by atoms with Gasteiger partial charge >= 0.3 is 5.97 Å². The summed E-state index contributed by atoms with van der Waals surface area (Å²) in [5.74, 6) is -3.08. The molecule has 0 spiro atoms. The second-order valence-corrected chi connectivity index (χ2v) is 6.46. The minimum Gasteiger partial charge on any atom is -0.478 e. The number of hydrogen-bond acceptors (Lipinski definition) is 3. The SMILES string of the molecule is C=CCCS(=O)(=O)c1cc(Br)cc(C(=O)O)c1F. The van der Waals surface area contributed by atoms with E-state index in [4.69, 9.17) is 5.11 Å². The van der Waals surface area contributed by atoms with Gasteiger partial charge in [0.1, 0.15) is 4.90 Å². The van der Waals surface area contributed by atoms with Crippen molar-refractivity contribution in [1.29, 1.82) is 0 Å². The average Bonchev–Trinajstić information content (AvgIpc) is 2.28. The Labute approximate surface area is 112 Å². The molecule has 0 atom stereocenters. The summed E-state index contributed by atoms with van der Waals surface area (Å²) in [5.41, 5.74) is -0.679. The molecule has 0 amide bonds. The number of carboxylic acids is 1. The molecule has 0 saturated heterocycles. The molecule has 4 nitrogen and oxygen atoms in total. The molecule has 0 aliphatic heterocycles. The lowest BCUT2D eigenvalue weighted by molar-refractivity contribution is 0.0691. The molecule has 18 heavy (non-hydrogen) atoms. The maximum absolute atomic E-state index is 13.8. The van der Waals surface area contributed by atoms with Crippen LogP contribution in [0.3, 0.4) is 0 Å². The number of halogens is 2. The lowest BCUT2D eigenvalue weighted by Crippen LogP contribution is -2.12. The smallest absolute Gasteiger partial charge is 0.338 e. The van der Waals surface area contributed by atoms with Crippen LogP contribution < -0.4 is 0 Å². The highest BCUT2D eigenvalue weighted by Gasteiger charge is 2.24. The molecular formula is C11H10BrFO4S. The minimum absolute atomic E-state index is 0.163. The van der Waals surface area contributed by atoms with Crippen LogP contribution in [0.2, 0.25) is 0 Å². The Morgan fingerprint density at radius 2 is 2.11 bits per heavy atom. The molecule has 0 fully saturated rings. The summed E-state index contributed by atoms with van der Waals surface area (Å²) >= 11 is 2.96. The summed E-state index contributed by atoms with van der Waals surface area (Å²) in [6.45, 7) is 3.38. The van der Waals surface area contributed by atoms with E-state index in [0.29, 0.717) is 0 Å². The van der Waals surface area contributed by atoms with Crippen LogP contribution in [0, 0.1) is 5.82 Å². The first-order valence-electron chi connectivity index (χ1n) is 4.85. The Morgan fingerprint density at radius 3 is 2.61 bits per heavy atom. The molecular weight excluding hydrogens is 327 g/mol. The highest BCUT2D eigenvalue weighted by Crippen LogP contribution is 2.25. The maximum Gasteiger partial charge on any atom is 0.338 e. The lowest BCUT2D eigenvalue weighted by atomic mass is 10.2. The van der Waals surface area contributed by atoms with Gasteiger partial charge in [0.25, 0.3) is 0 Å². The van der Waals surface area contributed by atoms with E-state index in [0.717, 1.165) is 12.1 Å². The number of allylic oxidation sites excluding steroid dienone is 1. The maximum atomic E-state index is 13.8. The van der Waals surface area contributed by atoms with Crippen LogP contribution in [0.1, 0.15) is 16.8 Å². The van der Waals surface area contributed by atoms with E-state index in [1.807, 2.05) is 0 Å². The molecule has 0 bridgehead atoms. The largest absolute Gasteiger partial charge is 0.478 e. The van der Waals surface area contributed by atoms with Crippen molar-refractivity contribution >= 4 is 31.7 Å². The van der Waals surface area contributed by atoms with Gasteiger partial charge in [0, 0.05) is 4.47 Å². The van der Waals surface area contributed by atoms with Gasteiger partial charge in [-0.15, -0.1) is 6.58 Å². The number of sulfone groups is 1. The third-order valence-corrected chi connectivity index (χ3v) is 4.36. The van der Waals surface area contributed by atoms with Crippen molar-refractivity contribution in [2.24, 2.45) is 0 Å². The standard InChI is InChI=1S/C11H10BrFO4S/c1-2-3-4-18(16,17)9-6-7(12)5-8(10(9)13)11(14)15/h2,5-6H,1,3-4H2,(H,14,15). The monoisotopic (exact) mass is 336 g/mol. The van der Waals surface area contributed by atoms with Gasteiger partial charge in [0.15, 0.2) is 15.7 Å². The van der Waals surface area contributed by atoms with Crippen LogP contribution in [0.15, 0.2) is 34.2 Å². The zero-order valence-electron chi connectivity index (χ0n) is 9.19. The molecule has 1 rings (SSSR count). The van der Waals surface area contributed by atoms with E-state index in [2.05, 4.69) is 22.5 Å². The topological polar surface area (TPSA) is 71.4 Å². The van der Waals surface area contributed by atoms with Crippen LogP contribution in [-0.4, -0.2) is 25.2 Å². The van der Waals surface area contributed by atoms with E-state index in [1.54, 1.807) is 0 Å². The van der Waals surface area contributed by atoms with Gasteiger partial charge in [-0.3, -0.25) is 0 Å². The van der Waals surface area contributed by atoms with Crippen LogP contribution in [0.25, 0.3) is 0 Å². The summed E-state index contributed by atoms with van der Waals surface area (Å²) in [7, 11) is -3.87. The van der Waals surface area contributed by atoms with E-state index < -0.39 is 32.1 Å². The number of aromatic carboxylic acids is 1. The summed E-state index contributed by atoms with van der Waals surface area (Å²) < 4.78 is 37.7. The molecule has 0 aromatic heterocycles. The molecule has 0 saturated carbocycles. The molecule has 0 aliphatic carbocycles. The van der Waals surface area contributed by atoms with Crippen LogP contribution in [0.5, 0.6) is 0 Å². The molecule has 0 radical (unpaired) electrons. The quantitative estimate of drug-likeness (QED) is 0.839. The van der Waals surface area contributed by atoms with E-state index in [1.165, 1.54) is 6.08 Å². The lowest BCUT2D eigenvalue weighted by Gasteiger charge is -2.07. The number of hydrogen-bond donors (Lipinski definition) is 1. The Balaban J connectivity index is 3.41. The second kappa shape index (κ2) is 5.62. The first kappa shape index (κ1) is 14.8. The number of carboxylic acid groups (broad SMARTS) is 1. The Bertz CT molecular complexity index is 595. The molecule has 0 heterocycles. The second-order valence-electron chi connectivity index (χ2n) is 3.47. The van der Waals surface area contributed by atoms with Gasteiger partial charge in [-0.05, 0) is 18.6 Å². The summed E-state index contributed by atoms with van der Waals surface area (Å²) in [5, 5.41) is 8.78. The zero-order chi connectivity index (χ0) is 13.9. The van der Waals surface area contributed by atoms with Crippen molar-refractivity contribution in [3.8, 4) is 0 Å². The molecule has 1 aromatic carbocycles. The van der Waals surface area contributed by atoms with Gasteiger partial charge in [0.2, 0.25) is 0 Å². The van der Waals surface area contributed by atoms with Crippen LogP contribution >= 0.6 is 15.9 Å². The van der Waals surface area contributed by atoms with Gasteiger partial charge in [-0.2, -0.15) is 0 Å². The number of carbonyl (C=O) groups is 1. The first-order valence-corrected chi connectivity index (χ1v) is 7.30. The van der Waals surface area contributed by atoms with E-state index in [-0.39, 0.29) is 16.6 Å². The normalized spacial score (nSPS) is 11.2. The van der Waals surface area contributed by atoms with E-state index >= 15 is 0 Å². The van der Waals surface area contributed by atoms with Crippen LogP contribution in [-0.2, 0) is 9.84 Å². The first-order chi connectivity index (χ1) is 8.29. The molecule has 0 unspecified atom stereocenters. The molecule has 1 aromatic rings. The summed E-state index contributed by atoms with van der Waals surface area (Å²) in [4.78, 5) is 10.2. The number of rotatable bonds is 5. The fraction of sp³-hybridized carbons (Fsp3) is 0.182. The van der Waals surface area contributed by atoms with Crippen molar-refractivity contribution in [3.63, 3.8) is 0 Å². The van der Waals surface area contributed by atoms with Crippen molar-refractivity contribution < 1.29 is 22.7 Å². The number of benzene rings is 1. The zero-order valence-corrected chi connectivity index (χ0v) is 11.6. The van der Waals surface area contributed by atoms with Crippen molar-refractivity contribution in [1.82, 2.24) is 0 Å². The fourth-order valence-electron chi connectivity index (χ4n) is 1.29. The predicted molar refractivity (Wildman–Crippen MR) is 67.9 cm³/mol. The minimum atomic E-state index is -3.87. The summed E-state index contributed by atoms with van der Waals surface area (Å²) in [6, 6.07) is 2.07. The molecule has 0 aliphatic rings. The highest BCUT2D eigenvalue weighted by molar-refractivity contribution is 9.10. The third kappa shape index (κ3) is 3.17. The summed E-state index contributed by atoms with van der Waals surface area (Å²) in [6.07, 6.45) is 1.56. The van der Waals surface area contributed by atoms with Crippen LogP contribution in [0.4, 0.5) is 4.39 Å². The Morgan fingerprint density at radius 1 is 1.50 bits per heavy atom. The highest BCUT2D eigenvalue weighted by atomic mass is 79.9.